The molecule has 2 aliphatic rings. The lowest BCUT2D eigenvalue weighted by molar-refractivity contribution is -0.117. The summed E-state index contributed by atoms with van der Waals surface area (Å²) in [6, 6.07) is 3.07. The Hall–Kier alpha value is -1.53. The molecule has 6 heteroatoms. The van der Waals surface area contributed by atoms with Crippen LogP contribution in [0, 0.1) is 17.6 Å². The molecule has 0 bridgehead atoms. The van der Waals surface area contributed by atoms with Crippen molar-refractivity contribution in [3.63, 3.8) is 0 Å². The second-order valence-electron chi connectivity index (χ2n) is 6.92. The fourth-order valence-corrected chi connectivity index (χ4v) is 3.70. The second kappa shape index (κ2) is 8.03. The molecule has 2 saturated heterocycles. The van der Waals surface area contributed by atoms with Crippen LogP contribution in [0.4, 0.5) is 14.5 Å². The quantitative estimate of drug-likeness (QED) is 0.897. The van der Waals surface area contributed by atoms with E-state index in [-0.39, 0.29) is 18.1 Å². The van der Waals surface area contributed by atoms with Gasteiger partial charge in [-0.3, -0.25) is 9.69 Å². The van der Waals surface area contributed by atoms with Crippen LogP contribution >= 0.6 is 0 Å². The largest absolute Gasteiger partial charge is 0.322 e. The number of likely N-dealkylation sites (tertiary alicyclic amines) is 2. The van der Waals surface area contributed by atoms with E-state index >= 15 is 0 Å². The van der Waals surface area contributed by atoms with Crippen molar-refractivity contribution in [2.45, 2.75) is 25.7 Å². The van der Waals surface area contributed by atoms with E-state index in [1.54, 1.807) is 0 Å². The first-order valence-corrected chi connectivity index (χ1v) is 8.80. The molecule has 1 aromatic rings. The lowest BCUT2D eigenvalue weighted by Gasteiger charge is -2.29. The summed E-state index contributed by atoms with van der Waals surface area (Å²) in [4.78, 5) is 16.7. The van der Waals surface area contributed by atoms with Gasteiger partial charge in [-0.15, -0.1) is 0 Å². The molecule has 2 heterocycles. The number of hydrogen-bond donors (Lipinski definition) is 1. The van der Waals surface area contributed by atoms with E-state index in [4.69, 9.17) is 0 Å². The fourth-order valence-electron chi connectivity index (χ4n) is 3.70. The van der Waals surface area contributed by atoms with Crippen molar-refractivity contribution in [3.05, 3.63) is 29.8 Å². The molecule has 1 N–H and O–H groups in total. The molecular weight excluding hydrogens is 312 g/mol. The van der Waals surface area contributed by atoms with Gasteiger partial charge < -0.3 is 10.2 Å². The standard InChI is InChI=1S/C18H25F2N3O/c19-15-4-5-16(20)17(10-15)21-18(24)13-23-9-6-14(12-23)11-22-7-2-1-3-8-22/h4-5,10,14H,1-3,6-9,11-13H2,(H,21,24). The maximum absolute atomic E-state index is 13.6. The minimum atomic E-state index is -0.617. The molecule has 0 aromatic heterocycles. The van der Waals surface area contributed by atoms with Crippen molar-refractivity contribution >= 4 is 11.6 Å². The van der Waals surface area contributed by atoms with E-state index in [0.29, 0.717) is 5.92 Å². The van der Waals surface area contributed by atoms with Crippen molar-refractivity contribution in [2.75, 3.05) is 44.6 Å². The number of carbonyl (C=O) groups excluding carboxylic acids is 1. The molecule has 0 radical (unpaired) electrons. The molecule has 132 valence electrons. The lowest BCUT2D eigenvalue weighted by Crippen LogP contribution is -2.36. The molecule has 4 nitrogen and oxygen atoms in total. The highest BCUT2D eigenvalue weighted by Gasteiger charge is 2.26. The van der Waals surface area contributed by atoms with Gasteiger partial charge in [0.25, 0.3) is 0 Å². The number of anilines is 1. The van der Waals surface area contributed by atoms with Crippen molar-refractivity contribution in [1.29, 1.82) is 0 Å². The van der Waals surface area contributed by atoms with Crippen molar-refractivity contribution in [2.24, 2.45) is 5.92 Å². The van der Waals surface area contributed by atoms with Gasteiger partial charge in [0.15, 0.2) is 0 Å². The Morgan fingerprint density at radius 2 is 1.92 bits per heavy atom. The van der Waals surface area contributed by atoms with Crippen LogP contribution in [-0.4, -0.2) is 55.0 Å². The highest BCUT2D eigenvalue weighted by molar-refractivity contribution is 5.92. The molecule has 1 amide bonds. The molecule has 2 fully saturated rings. The summed E-state index contributed by atoms with van der Waals surface area (Å²) < 4.78 is 26.7. The number of rotatable bonds is 5. The molecule has 2 aliphatic heterocycles. The molecule has 3 rings (SSSR count). The first kappa shape index (κ1) is 17.3. The summed E-state index contributed by atoms with van der Waals surface area (Å²) in [5.41, 5.74) is -0.0935. The average Bonchev–Trinajstić information content (AvgIpc) is 2.98. The number of piperidine rings is 1. The number of hydrogen-bond acceptors (Lipinski definition) is 3. The van der Waals surface area contributed by atoms with E-state index in [1.165, 1.54) is 32.4 Å². The minimum Gasteiger partial charge on any atom is -0.322 e. The predicted octanol–water partition coefficient (Wildman–Crippen LogP) is 2.71. The third kappa shape index (κ3) is 4.74. The van der Waals surface area contributed by atoms with Crippen molar-refractivity contribution in [1.82, 2.24) is 9.80 Å². The molecule has 24 heavy (non-hydrogen) atoms. The van der Waals surface area contributed by atoms with Gasteiger partial charge in [0.1, 0.15) is 11.6 Å². The van der Waals surface area contributed by atoms with Gasteiger partial charge in [-0.1, -0.05) is 6.42 Å². The Morgan fingerprint density at radius 3 is 2.71 bits per heavy atom. The van der Waals surface area contributed by atoms with Gasteiger partial charge in [-0.2, -0.15) is 0 Å². The van der Waals surface area contributed by atoms with Crippen molar-refractivity contribution in [3.8, 4) is 0 Å². The van der Waals surface area contributed by atoms with Gasteiger partial charge in [-0.05, 0) is 56.9 Å². The Labute approximate surface area is 141 Å². The predicted molar refractivity (Wildman–Crippen MR) is 89.8 cm³/mol. The van der Waals surface area contributed by atoms with Crippen LogP contribution in [0.1, 0.15) is 25.7 Å². The van der Waals surface area contributed by atoms with Gasteiger partial charge >= 0.3 is 0 Å². The Morgan fingerprint density at radius 1 is 1.12 bits per heavy atom. The highest BCUT2D eigenvalue weighted by atomic mass is 19.1. The summed E-state index contributed by atoms with van der Waals surface area (Å²) in [6.07, 6.45) is 5.01. The summed E-state index contributed by atoms with van der Waals surface area (Å²) >= 11 is 0. The number of nitrogens with zero attached hydrogens (tertiary/aromatic N) is 2. The van der Waals surface area contributed by atoms with Crippen LogP contribution in [-0.2, 0) is 4.79 Å². The van der Waals surface area contributed by atoms with Gasteiger partial charge in [-0.25, -0.2) is 8.78 Å². The molecule has 1 aromatic carbocycles. The number of nitrogens with one attached hydrogen (secondary N) is 1. The second-order valence-corrected chi connectivity index (χ2v) is 6.92. The molecule has 1 atom stereocenters. The smallest absolute Gasteiger partial charge is 0.238 e. The highest BCUT2D eigenvalue weighted by Crippen LogP contribution is 2.20. The fraction of sp³-hybridized carbons (Fsp3) is 0.611. The van der Waals surface area contributed by atoms with E-state index < -0.39 is 11.6 Å². The Kier molecular flexibility index (Phi) is 5.79. The van der Waals surface area contributed by atoms with E-state index in [9.17, 15) is 13.6 Å². The average molecular weight is 337 g/mol. The summed E-state index contributed by atoms with van der Waals surface area (Å²) in [5.74, 6) is -0.872. The SMILES string of the molecule is O=C(CN1CCC(CN2CCCCC2)C1)Nc1cc(F)ccc1F. The van der Waals surface area contributed by atoms with Crippen LogP contribution in [0.15, 0.2) is 18.2 Å². The third-order valence-corrected chi connectivity index (χ3v) is 4.90. The molecule has 0 aliphatic carbocycles. The maximum Gasteiger partial charge on any atom is 0.238 e. The first-order valence-electron chi connectivity index (χ1n) is 8.80. The molecule has 0 saturated carbocycles. The Bertz CT molecular complexity index is 575. The minimum absolute atomic E-state index is 0.0935. The Balaban J connectivity index is 1.44. The monoisotopic (exact) mass is 337 g/mol. The maximum atomic E-state index is 13.6. The lowest BCUT2D eigenvalue weighted by atomic mass is 10.1. The topological polar surface area (TPSA) is 35.6 Å². The number of amides is 1. The summed E-state index contributed by atoms with van der Waals surface area (Å²) in [5, 5.41) is 2.47. The molecular formula is C18H25F2N3O. The number of carbonyl (C=O) groups is 1. The van der Waals surface area contributed by atoms with Crippen LogP contribution in [0.25, 0.3) is 0 Å². The van der Waals surface area contributed by atoms with E-state index in [0.717, 1.165) is 44.3 Å². The first-order chi connectivity index (χ1) is 11.6. The van der Waals surface area contributed by atoms with Crippen molar-refractivity contribution < 1.29 is 13.6 Å². The van der Waals surface area contributed by atoms with Gasteiger partial charge in [0, 0.05) is 19.2 Å². The van der Waals surface area contributed by atoms with Gasteiger partial charge in [0.05, 0.1) is 12.2 Å². The zero-order chi connectivity index (χ0) is 16.9. The zero-order valence-corrected chi connectivity index (χ0v) is 13.9. The number of halogens is 2. The van der Waals surface area contributed by atoms with Gasteiger partial charge in [0.2, 0.25) is 5.91 Å². The summed E-state index contributed by atoms with van der Waals surface area (Å²) in [7, 11) is 0. The molecule has 1 unspecified atom stereocenters. The summed E-state index contributed by atoms with van der Waals surface area (Å²) in [6.45, 7) is 5.50. The number of benzene rings is 1. The van der Waals surface area contributed by atoms with Crippen LogP contribution < -0.4 is 5.32 Å². The third-order valence-electron chi connectivity index (χ3n) is 4.90. The normalized spacial score (nSPS) is 22.7. The van der Waals surface area contributed by atoms with E-state index in [1.807, 2.05) is 0 Å². The van der Waals surface area contributed by atoms with Crippen LogP contribution in [0.2, 0.25) is 0 Å². The van der Waals surface area contributed by atoms with Crippen LogP contribution in [0.3, 0.4) is 0 Å². The molecule has 0 spiro atoms. The van der Waals surface area contributed by atoms with Crippen LogP contribution in [0.5, 0.6) is 0 Å². The zero-order valence-electron chi connectivity index (χ0n) is 13.9. The van der Waals surface area contributed by atoms with E-state index in [2.05, 4.69) is 15.1 Å².